The van der Waals surface area contributed by atoms with Crippen LogP contribution in [0.3, 0.4) is 0 Å². The molecular formula is C13H13Cl2N3. The normalized spacial score (nSPS) is 10.4. The van der Waals surface area contributed by atoms with Gasteiger partial charge >= 0.3 is 0 Å². The van der Waals surface area contributed by atoms with E-state index < -0.39 is 0 Å². The van der Waals surface area contributed by atoms with Crippen molar-refractivity contribution in [2.45, 2.75) is 12.4 Å². The van der Waals surface area contributed by atoms with Crippen molar-refractivity contribution >= 4 is 29.0 Å². The van der Waals surface area contributed by atoms with Gasteiger partial charge in [-0.05, 0) is 11.6 Å². The maximum absolute atomic E-state index is 6.13. The van der Waals surface area contributed by atoms with E-state index in [4.69, 9.17) is 23.2 Å². The summed E-state index contributed by atoms with van der Waals surface area (Å²) in [4.78, 5) is 10.5. The maximum atomic E-state index is 6.13. The highest BCUT2D eigenvalue weighted by Gasteiger charge is 2.07. The van der Waals surface area contributed by atoms with Crippen LogP contribution in [0.1, 0.15) is 11.3 Å². The van der Waals surface area contributed by atoms with Gasteiger partial charge in [0.2, 0.25) is 0 Å². The average Bonchev–Trinajstić information content (AvgIpc) is 2.41. The number of aromatic nitrogens is 2. The Bertz CT molecular complexity index is 531. The van der Waals surface area contributed by atoms with Gasteiger partial charge in [0.15, 0.2) is 0 Å². The minimum Gasteiger partial charge on any atom is -0.354 e. The molecule has 5 heteroatoms. The molecule has 0 unspecified atom stereocenters. The molecule has 0 spiro atoms. The fourth-order valence-corrected chi connectivity index (χ4v) is 1.93. The first-order valence-corrected chi connectivity index (χ1v) is 6.43. The molecule has 2 aromatic rings. The van der Waals surface area contributed by atoms with Gasteiger partial charge in [0, 0.05) is 24.8 Å². The lowest BCUT2D eigenvalue weighted by molar-refractivity contribution is 0.881. The van der Waals surface area contributed by atoms with Gasteiger partial charge in [-0.15, -0.1) is 11.6 Å². The number of anilines is 1. The molecule has 0 radical (unpaired) electrons. The van der Waals surface area contributed by atoms with E-state index in [9.17, 15) is 0 Å². The standard InChI is InChI=1S/C13H13Cl2N3/c1-18(9-10-4-2-3-5-12(10)15)13-8-16-7-11(6-14)17-13/h2-5,7-8H,6,9H2,1H3. The van der Waals surface area contributed by atoms with Crippen molar-refractivity contribution in [3.05, 3.63) is 52.9 Å². The Morgan fingerprint density at radius 2 is 2.00 bits per heavy atom. The molecule has 0 aliphatic rings. The van der Waals surface area contributed by atoms with Crippen LogP contribution in [0.2, 0.25) is 5.02 Å². The van der Waals surface area contributed by atoms with Crippen molar-refractivity contribution in [1.82, 2.24) is 9.97 Å². The third kappa shape index (κ3) is 3.12. The summed E-state index contributed by atoms with van der Waals surface area (Å²) in [7, 11) is 1.95. The molecule has 1 heterocycles. The molecule has 0 fully saturated rings. The lowest BCUT2D eigenvalue weighted by Crippen LogP contribution is -2.18. The molecule has 0 aliphatic heterocycles. The zero-order chi connectivity index (χ0) is 13.0. The highest BCUT2D eigenvalue weighted by atomic mass is 35.5. The Morgan fingerprint density at radius 3 is 2.72 bits per heavy atom. The molecule has 2 rings (SSSR count). The second-order valence-corrected chi connectivity index (χ2v) is 4.62. The van der Waals surface area contributed by atoms with Crippen LogP contribution in [0, 0.1) is 0 Å². The second kappa shape index (κ2) is 6.03. The Labute approximate surface area is 116 Å². The smallest absolute Gasteiger partial charge is 0.147 e. The molecule has 0 aliphatic carbocycles. The molecule has 94 valence electrons. The van der Waals surface area contributed by atoms with Gasteiger partial charge in [-0.3, -0.25) is 4.98 Å². The molecular weight excluding hydrogens is 269 g/mol. The summed E-state index contributed by atoms with van der Waals surface area (Å²) in [6, 6.07) is 7.76. The molecule has 0 saturated carbocycles. The van der Waals surface area contributed by atoms with E-state index in [-0.39, 0.29) is 0 Å². The number of halogens is 2. The monoisotopic (exact) mass is 281 g/mol. The number of benzene rings is 1. The van der Waals surface area contributed by atoms with E-state index in [1.54, 1.807) is 12.4 Å². The van der Waals surface area contributed by atoms with Crippen LogP contribution in [-0.2, 0) is 12.4 Å². The number of nitrogens with zero attached hydrogens (tertiary/aromatic N) is 3. The van der Waals surface area contributed by atoms with E-state index >= 15 is 0 Å². The molecule has 0 bridgehead atoms. The first-order valence-electron chi connectivity index (χ1n) is 5.52. The minimum absolute atomic E-state index is 0.362. The van der Waals surface area contributed by atoms with E-state index in [2.05, 4.69) is 9.97 Å². The zero-order valence-electron chi connectivity index (χ0n) is 9.98. The number of hydrogen-bond acceptors (Lipinski definition) is 3. The van der Waals surface area contributed by atoms with Crippen molar-refractivity contribution in [3.8, 4) is 0 Å². The van der Waals surface area contributed by atoms with Crippen LogP contribution in [0.4, 0.5) is 5.82 Å². The predicted molar refractivity (Wildman–Crippen MR) is 75.1 cm³/mol. The van der Waals surface area contributed by atoms with E-state index in [1.165, 1.54) is 0 Å². The van der Waals surface area contributed by atoms with Gasteiger partial charge in [-0.1, -0.05) is 29.8 Å². The summed E-state index contributed by atoms with van der Waals surface area (Å²) >= 11 is 11.9. The van der Waals surface area contributed by atoms with Gasteiger partial charge < -0.3 is 4.90 Å². The molecule has 1 aromatic carbocycles. The Morgan fingerprint density at radius 1 is 1.22 bits per heavy atom. The molecule has 0 atom stereocenters. The van der Waals surface area contributed by atoms with Crippen LogP contribution in [0.5, 0.6) is 0 Å². The minimum atomic E-state index is 0.362. The summed E-state index contributed by atoms with van der Waals surface area (Å²) in [5, 5.41) is 0.755. The summed E-state index contributed by atoms with van der Waals surface area (Å²) in [5.41, 5.74) is 1.82. The van der Waals surface area contributed by atoms with Crippen molar-refractivity contribution in [3.63, 3.8) is 0 Å². The Kier molecular flexibility index (Phi) is 4.39. The van der Waals surface area contributed by atoms with Gasteiger partial charge in [-0.25, -0.2) is 4.98 Å². The van der Waals surface area contributed by atoms with Crippen molar-refractivity contribution in [2.24, 2.45) is 0 Å². The lowest BCUT2D eigenvalue weighted by Gasteiger charge is -2.18. The van der Waals surface area contributed by atoms with E-state index in [0.29, 0.717) is 12.4 Å². The molecule has 18 heavy (non-hydrogen) atoms. The third-order valence-electron chi connectivity index (χ3n) is 2.57. The first-order chi connectivity index (χ1) is 8.70. The Balaban J connectivity index is 2.16. The quantitative estimate of drug-likeness (QED) is 0.804. The third-order valence-corrected chi connectivity index (χ3v) is 3.21. The fourth-order valence-electron chi connectivity index (χ4n) is 1.61. The maximum Gasteiger partial charge on any atom is 0.147 e. The molecule has 0 amide bonds. The number of hydrogen-bond donors (Lipinski definition) is 0. The summed E-state index contributed by atoms with van der Waals surface area (Å²) < 4.78 is 0. The van der Waals surface area contributed by atoms with Crippen molar-refractivity contribution < 1.29 is 0 Å². The Hall–Kier alpha value is -1.32. The molecule has 0 N–H and O–H groups in total. The topological polar surface area (TPSA) is 29.0 Å². The molecule has 1 aromatic heterocycles. The fraction of sp³-hybridized carbons (Fsp3) is 0.231. The van der Waals surface area contributed by atoms with Gasteiger partial charge in [-0.2, -0.15) is 0 Å². The van der Waals surface area contributed by atoms with E-state index in [1.807, 2.05) is 36.2 Å². The number of alkyl halides is 1. The zero-order valence-corrected chi connectivity index (χ0v) is 11.5. The SMILES string of the molecule is CN(Cc1ccccc1Cl)c1cncc(CCl)n1. The lowest BCUT2D eigenvalue weighted by atomic mass is 10.2. The molecule has 3 nitrogen and oxygen atoms in total. The average molecular weight is 282 g/mol. The highest BCUT2D eigenvalue weighted by molar-refractivity contribution is 6.31. The van der Waals surface area contributed by atoms with Crippen LogP contribution < -0.4 is 4.90 Å². The largest absolute Gasteiger partial charge is 0.354 e. The number of rotatable bonds is 4. The van der Waals surface area contributed by atoms with Crippen molar-refractivity contribution in [2.75, 3.05) is 11.9 Å². The first kappa shape index (κ1) is 13.1. The van der Waals surface area contributed by atoms with Gasteiger partial charge in [0.1, 0.15) is 5.82 Å². The van der Waals surface area contributed by atoms with Gasteiger partial charge in [0.25, 0.3) is 0 Å². The summed E-state index contributed by atoms with van der Waals surface area (Å²) in [5.74, 6) is 1.15. The summed E-state index contributed by atoms with van der Waals surface area (Å²) in [6.45, 7) is 0.681. The van der Waals surface area contributed by atoms with Crippen LogP contribution in [-0.4, -0.2) is 17.0 Å². The van der Waals surface area contributed by atoms with Gasteiger partial charge in [0.05, 0.1) is 17.8 Å². The van der Waals surface area contributed by atoms with Crippen molar-refractivity contribution in [1.29, 1.82) is 0 Å². The predicted octanol–water partition coefficient (Wildman–Crippen LogP) is 3.51. The molecule has 0 saturated heterocycles. The van der Waals surface area contributed by atoms with Crippen LogP contribution in [0.25, 0.3) is 0 Å². The van der Waals surface area contributed by atoms with Crippen LogP contribution in [0.15, 0.2) is 36.7 Å². The highest BCUT2D eigenvalue weighted by Crippen LogP contribution is 2.19. The van der Waals surface area contributed by atoms with Crippen LogP contribution >= 0.6 is 23.2 Å². The van der Waals surface area contributed by atoms with E-state index in [0.717, 1.165) is 22.1 Å². The summed E-state index contributed by atoms with van der Waals surface area (Å²) in [6.07, 6.45) is 3.38. The second-order valence-electron chi connectivity index (χ2n) is 3.95.